The van der Waals surface area contributed by atoms with Crippen molar-refractivity contribution < 1.29 is 4.79 Å². The van der Waals surface area contributed by atoms with Crippen molar-refractivity contribution >= 4 is 23.4 Å². The second-order valence-electron chi connectivity index (χ2n) is 3.86. The van der Waals surface area contributed by atoms with Crippen LogP contribution in [0.5, 0.6) is 0 Å². The van der Waals surface area contributed by atoms with Crippen LogP contribution in [0, 0.1) is 0 Å². The minimum Gasteiger partial charge on any atom is -0.373 e. The predicted octanol–water partition coefficient (Wildman–Crippen LogP) is 2.74. The molecular formula is C13H20N2OS. The van der Waals surface area contributed by atoms with Crippen LogP contribution in [-0.4, -0.2) is 24.7 Å². The molecule has 0 saturated heterocycles. The molecule has 1 aromatic carbocycles. The lowest BCUT2D eigenvalue weighted by molar-refractivity contribution is -0.121. The first-order valence-corrected chi connectivity index (χ1v) is 7.08. The van der Waals surface area contributed by atoms with E-state index in [1.165, 1.54) is 0 Å². The topological polar surface area (TPSA) is 41.1 Å². The summed E-state index contributed by atoms with van der Waals surface area (Å²) in [6, 6.07) is 7.80. The number of thioether (sulfide) groups is 1. The first kappa shape index (κ1) is 13.9. The number of rotatable bonds is 6. The maximum absolute atomic E-state index is 11.7. The minimum atomic E-state index is -0.213. The van der Waals surface area contributed by atoms with E-state index < -0.39 is 0 Å². The molecule has 1 aromatic rings. The van der Waals surface area contributed by atoms with Gasteiger partial charge in [0.15, 0.2) is 0 Å². The van der Waals surface area contributed by atoms with Crippen LogP contribution in [0.3, 0.4) is 0 Å². The standard InChI is InChI=1S/C13H20N2OS/c1-4-9-14-13(16)10(2)15-11-7-5-6-8-12(11)17-3/h5-8,10,15H,4,9H2,1-3H3,(H,14,16). The van der Waals surface area contributed by atoms with E-state index in [4.69, 9.17) is 0 Å². The van der Waals surface area contributed by atoms with Crippen molar-refractivity contribution in [3.05, 3.63) is 24.3 Å². The molecule has 0 aromatic heterocycles. The molecule has 17 heavy (non-hydrogen) atoms. The highest BCUT2D eigenvalue weighted by molar-refractivity contribution is 7.98. The van der Waals surface area contributed by atoms with Gasteiger partial charge in [-0.25, -0.2) is 0 Å². The van der Waals surface area contributed by atoms with Gasteiger partial charge >= 0.3 is 0 Å². The van der Waals surface area contributed by atoms with E-state index in [0.717, 1.165) is 23.5 Å². The summed E-state index contributed by atoms with van der Waals surface area (Å²) in [5, 5.41) is 6.12. The Kier molecular flexibility index (Phi) is 5.91. The molecule has 0 fully saturated rings. The quantitative estimate of drug-likeness (QED) is 0.765. The fourth-order valence-corrected chi connectivity index (χ4v) is 2.03. The number of nitrogens with one attached hydrogen (secondary N) is 2. The third-order valence-corrected chi connectivity index (χ3v) is 3.22. The van der Waals surface area contributed by atoms with Crippen molar-refractivity contribution in [2.45, 2.75) is 31.2 Å². The maximum Gasteiger partial charge on any atom is 0.242 e. The van der Waals surface area contributed by atoms with Crippen molar-refractivity contribution in [1.29, 1.82) is 0 Å². The first-order chi connectivity index (χ1) is 8.19. The summed E-state index contributed by atoms with van der Waals surface area (Å²) < 4.78 is 0. The van der Waals surface area contributed by atoms with Crippen LogP contribution in [-0.2, 0) is 4.79 Å². The van der Waals surface area contributed by atoms with Gasteiger partial charge in [-0.15, -0.1) is 11.8 Å². The lowest BCUT2D eigenvalue weighted by Gasteiger charge is -2.16. The zero-order valence-electron chi connectivity index (χ0n) is 10.6. The summed E-state index contributed by atoms with van der Waals surface area (Å²) in [7, 11) is 0. The third kappa shape index (κ3) is 4.30. The Labute approximate surface area is 107 Å². The number of amides is 1. The molecular weight excluding hydrogens is 232 g/mol. The molecule has 1 rings (SSSR count). The molecule has 1 amide bonds. The molecule has 0 aliphatic carbocycles. The average molecular weight is 252 g/mol. The van der Waals surface area contributed by atoms with Crippen LogP contribution >= 0.6 is 11.8 Å². The molecule has 0 spiro atoms. The summed E-state index contributed by atoms with van der Waals surface area (Å²) in [6.07, 6.45) is 2.99. The molecule has 0 aliphatic rings. The Morgan fingerprint density at radius 2 is 2.12 bits per heavy atom. The van der Waals surface area contributed by atoms with Crippen molar-refractivity contribution in [2.24, 2.45) is 0 Å². The molecule has 3 nitrogen and oxygen atoms in total. The molecule has 4 heteroatoms. The summed E-state index contributed by atoms with van der Waals surface area (Å²) in [6.45, 7) is 4.65. The molecule has 0 radical (unpaired) electrons. The molecule has 0 heterocycles. The van der Waals surface area contributed by atoms with E-state index >= 15 is 0 Å². The van der Waals surface area contributed by atoms with E-state index in [2.05, 4.69) is 10.6 Å². The van der Waals surface area contributed by atoms with E-state index in [1.54, 1.807) is 11.8 Å². The first-order valence-electron chi connectivity index (χ1n) is 5.86. The number of hydrogen-bond acceptors (Lipinski definition) is 3. The van der Waals surface area contributed by atoms with Crippen LogP contribution < -0.4 is 10.6 Å². The second-order valence-corrected chi connectivity index (χ2v) is 4.71. The lowest BCUT2D eigenvalue weighted by atomic mass is 10.2. The van der Waals surface area contributed by atoms with Gasteiger partial charge in [0.05, 0.1) is 0 Å². The lowest BCUT2D eigenvalue weighted by Crippen LogP contribution is -2.37. The van der Waals surface area contributed by atoms with Gasteiger partial charge < -0.3 is 10.6 Å². The van der Waals surface area contributed by atoms with Crippen LogP contribution in [0.25, 0.3) is 0 Å². The third-order valence-electron chi connectivity index (χ3n) is 2.42. The van der Waals surface area contributed by atoms with Gasteiger partial charge in [0.2, 0.25) is 5.91 Å². The molecule has 1 unspecified atom stereocenters. The van der Waals surface area contributed by atoms with Crippen molar-refractivity contribution in [2.75, 3.05) is 18.1 Å². The summed E-state index contributed by atoms with van der Waals surface area (Å²) >= 11 is 1.67. The fourth-order valence-electron chi connectivity index (χ4n) is 1.46. The Bertz CT molecular complexity index is 368. The van der Waals surface area contributed by atoms with Crippen molar-refractivity contribution in [3.63, 3.8) is 0 Å². The van der Waals surface area contributed by atoms with Gasteiger partial charge in [-0.3, -0.25) is 4.79 Å². The minimum absolute atomic E-state index is 0.0442. The number of carbonyl (C=O) groups excluding carboxylic acids is 1. The average Bonchev–Trinajstić information content (AvgIpc) is 2.36. The fraction of sp³-hybridized carbons (Fsp3) is 0.462. The SMILES string of the molecule is CCCNC(=O)C(C)Nc1ccccc1SC. The highest BCUT2D eigenvalue weighted by Crippen LogP contribution is 2.25. The van der Waals surface area contributed by atoms with Crippen LogP contribution in [0.1, 0.15) is 20.3 Å². The van der Waals surface area contributed by atoms with E-state index in [9.17, 15) is 4.79 Å². The Balaban J connectivity index is 2.60. The predicted molar refractivity (Wildman–Crippen MR) is 74.6 cm³/mol. The summed E-state index contributed by atoms with van der Waals surface area (Å²) in [5.41, 5.74) is 1.01. The molecule has 94 valence electrons. The molecule has 0 aliphatic heterocycles. The highest BCUT2D eigenvalue weighted by Gasteiger charge is 2.12. The van der Waals surface area contributed by atoms with Gasteiger partial charge in [-0.2, -0.15) is 0 Å². The highest BCUT2D eigenvalue weighted by atomic mass is 32.2. The van der Waals surface area contributed by atoms with E-state index in [1.807, 2.05) is 44.4 Å². The normalized spacial score (nSPS) is 11.9. The molecule has 0 bridgehead atoms. The Morgan fingerprint density at radius 3 is 2.76 bits per heavy atom. The number of para-hydroxylation sites is 1. The van der Waals surface area contributed by atoms with Gasteiger partial charge in [0, 0.05) is 17.1 Å². The number of hydrogen-bond donors (Lipinski definition) is 2. The zero-order valence-corrected chi connectivity index (χ0v) is 11.4. The van der Waals surface area contributed by atoms with Crippen LogP contribution in [0.4, 0.5) is 5.69 Å². The van der Waals surface area contributed by atoms with Gasteiger partial charge in [-0.05, 0) is 31.7 Å². The number of carbonyl (C=O) groups is 1. The van der Waals surface area contributed by atoms with Gasteiger partial charge in [-0.1, -0.05) is 19.1 Å². The zero-order chi connectivity index (χ0) is 12.7. The van der Waals surface area contributed by atoms with Gasteiger partial charge in [0.25, 0.3) is 0 Å². The number of benzene rings is 1. The summed E-state index contributed by atoms with van der Waals surface area (Å²) in [4.78, 5) is 12.9. The van der Waals surface area contributed by atoms with Crippen molar-refractivity contribution in [1.82, 2.24) is 5.32 Å². The Morgan fingerprint density at radius 1 is 1.41 bits per heavy atom. The maximum atomic E-state index is 11.7. The monoisotopic (exact) mass is 252 g/mol. The smallest absolute Gasteiger partial charge is 0.242 e. The molecule has 1 atom stereocenters. The number of anilines is 1. The van der Waals surface area contributed by atoms with Crippen LogP contribution in [0.2, 0.25) is 0 Å². The largest absolute Gasteiger partial charge is 0.373 e. The Hall–Kier alpha value is -1.16. The van der Waals surface area contributed by atoms with E-state index in [0.29, 0.717) is 0 Å². The summed E-state index contributed by atoms with van der Waals surface area (Å²) in [5.74, 6) is 0.0442. The molecule has 2 N–H and O–H groups in total. The second kappa shape index (κ2) is 7.22. The van der Waals surface area contributed by atoms with Crippen molar-refractivity contribution in [3.8, 4) is 0 Å². The van der Waals surface area contributed by atoms with Crippen LogP contribution in [0.15, 0.2) is 29.2 Å². The van der Waals surface area contributed by atoms with E-state index in [-0.39, 0.29) is 11.9 Å². The molecule has 0 saturated carbocycles. The van der Waals surface area contributed by atoms with Gasteiger partial charge in [0.1, 0.15) is 6.04 Å².